The first-order valence-electron chi connectivity index (χ1n) is 12.4. The molecule has 0 aromatic heterocycles. The predicted octanol–water partition coefficient (Wildman–Crippen LogP) is 6.89. The SMILES string of the molecule is C=CC(=O)OCCCCCCCCOc1ccc(-c2ccc(C(=O)Oc3ccccc3C#N)cc2)cc1. The van der Waals surface area contributed by atoms with Crippen molar-refractivity contribution in [2.24, 2.45) is 0 Å². The highest BCUT2D eigenvalue weighted by Crippen LogP contribution is 2.24. The lowest BCUT2D eigenvalue weighted by Gasteiger charge is -2.09. The van der Waals surface area contributed by atoms with Crippen molar-refractivity contribution in [3.05, 3.63) is 96.6 Å². The van der Waals surface area contributed by atoms with Crippen molar-refractivity contribution in [3.8, 4) is 28.7 Å². The average Bonchev–Trinajstić information content (AvgIpc) is 2.94. The first-order chi connectivity index (χ1) is 18.1. The van der Waals surface area contributed by atoms with Crippen molar-refractivity contribution in [1.29, 1.82) is 5.26 Å². The molecule has 37 heavy (non-hydrogen) atoms. The van der Waals surface area contributed by atoms with Gasteiger partial charge in [0, 0.05) is 6.08 Å². The van der Waals surface area contributed by atoms with E-state index in [4.69, 9.17) is 19.5 Å². The Balaban J connectivity index is 1.37. The van der Waals surface area contributed by atoms with E-state index in [1.807, 2.05) is 42.5 Å². The van der Waals surface area contributed by atoms with Gasteiger partial charge in [-0.05, 0) is 60.4 Å². The topological polar surface area (TPSA) is 85.6 Å². The molecule has 0 N–H and O–H groups in total. The monoisotopic (exact) mass is 497 g/mol. The summed E-state index contributed by atoms with van der Waals surface area (Å²) in [5.74, 6) is 0.204. The largest absolute Gasteiger partial charge is 0.494 e. The third-order valence-electron chi connectivity index (χ3n) is 5.74. The number of carbonyl (C=O) groups is 2. The fourth-order valence-electron chi connectivity index (χ4n) is 3.68. The predicted molar refractivity (Wildman–Crippen MR) is 142 cm³/mol. The zero-order valence-corrected chi connectivity index (χ0v) is 20.9. The number of carbonyl (C=O) groups excluding carboxylic acids is 2. The minimum Gasteiger partial charge on any atom is -0.494 e. The zero-order chi connectivity index (χ0) is 26.3. The van der Waals surface area contributed by atoms with Crippen LogP contribution in [0.4, 0.5) is 0 Å². The van der Waals surface area contributed by atoms with E-state index in [2.05, 4.69) is 6.58 Å². The van der Waals surface area contributed by atoms with Gasteiger partial charge in [0.2, 0.25) is 0 Å². The molecule has 190 valence electrons. The lowest BCUT2D eigenvalue weighted by molar-refractivity contribution is -0.137. The molecule has 0 bridgehead atoms. The third-order valence-corrected chi connectivity index (χ3v) is 5.74. The molecule has 3 aromatic carbocycles. The Labute approximate surface area is 218 Å². The standard InChI is InChI=1S/C31H31NO5/c1-2-30(33)36-22-10-6-4-3-5-9-21-35-28-19-17-25(18-20-28)24-13-15-26(16-14-24)31(34)37-29-12-8-7-11-27(29)23-32/h2,7-8,11-20H,1,3-6,9-10,21-22H2. The second-order valence-corrected chi connectivity index (χ2v) is 8.44. The molecule has 0 aliphatic rings. The molecular weight excluding hydrogens is 466 g/mol. The summed E-state index contributed by atoms with van der Waals surface area (Å²) in [5.41, 5.74) is 2.71. The molecule has 3 aromatic rings. The lowest BCUT2D eigenvalue weighted by Crippen LogP contribution is -2.09. The van der Waals surface area contributed by atoms with E-state index in [9.17, 15) is 9.59 Å². The number of hydrogen-bond acceptors (Lipinski definition) is 6. The van der Waals surface area contributed by atoms with Gasteiger partial charge in [0.25, 0.3) is 0 Å². The summed E-state index contributed by atoms with van der Waals surface area (Å²) < 4.78 is 16.2. The molecular formula is C31H31NO5. The molecule has 0 amide bonds. The molecule has 0 atom stereocenters. The molecule has 3 rings (SSSR count). The van der Waals surface area contributed by atoms with Crippen LogP contribution in [-0.4, -0.2) is 25.2 Å². The van der Waals surface area contributed by atoms with E-state index in [-0.39, 0.29) is 11.7 Å². The van der Waals surface area contributed by atoms with Gasteiger partial charge in [0.1, 0.15) is 17.6 Å². The molecule has 0 unspecified atom stereocenters. The van der Waals surface area contributed by atoms with Crippen molar-refractivity contribution >= 4 is 11.9 Å². The molecule has 0 heterocycles. The Bertz CT molecular complexity index is 1210. The number of unbranched alkanes of at least 4 members (excludes halogenated alkanes) is 5. The van der Waals surface area contributed by atoms with Gasteiger partial charge in [-0.2, -0.15) is 5.26 Å². The smallest absolute Gasteiger partial charge is 0.343 e. The Morgan fingerprint density at radius 2 is 1.38 bits per heavy atom. The maximum atomic E-state index is 12.5. The van der Waals surface area contributed by atoms with E-state index in [0.29, 0.717) is 24.3 Å². The maximum absolute atomic E-state index is 12.5. The van der Waals surface area contributed by atoms with Crippen LogP contribution in [-0.2, 0) is 9.53 Å². The number of esters is 2. The Hall–Kier alpha value is -4.37. The number of nitriles is 1. The van der Waals surface area contributed by atoms with Gasteiger partial charge in [0.05, 0.1) is 24.3 Å². The van der Waals surface area contributed by atoms with Gasteiger partial charge in [0.15, 0.2) is 0 Å². The third kappa shape index (κ3) is 8.97. The maximum Gasteiger partial charge on any atom is 0.343 e. The Morgan fingerprint density at radius 3 is 2.03 bits per heavy atom. The highest BCUT2D eigenvalue weighted by atomic mass is 16.5. The van der Waals surface area contributed by atoms with Gasteiger partial charge >= 0.3 is 11.9 Å². The van der Waals surface area contributed by atoms with Crippen LogP contribution in [0.15, 0.2) is 85.5 Å². The second kappa shape index (κ2) is 14.9. The number of ether oxygens (including phenoxy) is 3. The van der Waals surface area contributed by atoms with Gasteiger partial charge in [-0.15, -0.1) is 0 Å². The lowest BCUT2D eigenvalue weighted by atomic mass is 10.0. The molecule has 0 fully saturated rings. The molecule has 6 heteroatoms. The first kappa shape index (κ1) is 27.2. The summed E-state index contributed by atoms with van der Waals surface area (Å²) in [6.07, 6.45) is 7.45. The number of hydrogen-bond donors (Lipinski definition) is 0. The molecule has 0 radical (unpaired) electrons. The quantitative estimate of drug-likeness (QED) is 0.104. The summed E-state index contributed by atoms with van der Waals surface area (Å²) in [7, 11) is 0. The number of para-hydroxylation sites is 1. The fourth-order valence-corrected chi connectivity index (χ4v) is 3.68. The number of nitrogens with zero attached hydrogens (tertiary/aromatic N) is 1. The highest BCUT2D eigenvalue weighted by molar-refractivity contribution is 5.92. The summed E-state index contributed by atoms with van der Waals surface area (Å²) in [6.45, 7) is 4.50. The van der Waals surface area contributed by atoms with Crippen molar-refractivity contribution in [2.45, 2.75) is 38.5 Å². The van der Waals surface area contributed by atoms with Gasteiger partial charge in [-0.25, -0.2) is 9.59 Å². The number of benzene rings is 3. The number of rotatable bonds is 14. The van der Waals surface area contributed by atoms with Gasteiger partial charge in [-0.3, -0.25) is 0 Å². The Kier molecular flexibility index (Phi) is 11.0. The van der Waals surface area contributed by atoms with Gasteiger partial charge < -0.3 is 14.2 Å². The van der Waals surface area contributed by atoms with Crippen molar-refractivity contribution in [3.63, 3.8) is 0 Å². The van der Waals surface area contributed by atoms with E-state index in [1.54, 1.807) is 36.4 Å². The minimum atomic E-state index is -0.507. The van der Waals surface area contributed by atoms with Crippen molar-refractivity contribution < 1.29 is 23.8 Å². The first-order valence-corrected chi connectivity index (χ1v) is 12.4. The zero-order valence-electron chi connectivity index (χ0n) is 20.9. The molecule has 0 saturated carbocycles. The molecule has 0 aliphatic heterocycles. The van der Waals surface area contributed by atoms with E-state index < -0.39 is 5.97 Å². The van der Waals surface area contributed by atoms with Crippen LogP contribution in [0.5, 0.6) is 11.5 Å². The van der Waals surface area contributed by atoms with Crippen molar-refractivity contribution in [1.82, 2.24) is 0 Å². The summed E-state index contributed by atoms with van der Waals surface area (Å²) >= 11 is 0. The van der Waals surface area contributed by atoms with Crippen LogP contribution in [0.3, 0.4) is 0 Å². The summed E-state index contributed by atoms with van der Waals surface area (Å²) in [4.78, 5) is 23.4. The average molecular weight is 498 g/mol. The van der Waals surface area contributed by atoms with Crippen LogP contribution in [0.25, 0.3) is 11.1 Å². The van der Waals surface area contributed by atoms with E-state index in [1.165, 1.54) is 6.08 Å². The van der Waals surface area contributed by atoms with E-state index >= 15 is 0 Å². The summed E-state index contributed by atoms with van der Waals surface area (Å²) in [6, 6.07) is 23.7. The minimum absolute atomic E-state index is 0.249. The van der Waals surface area contributed by atoms with Crippen LogP contribution in [0, 0.1) is 11.3 Å². The van der Waals surface area contributed by atoms with Crippen molar-refractivity contribution in [2.75, 3.05) is 13.2 Å². The normalized spacial score (nSPS) is 10.2. The van der Waals surface area contributed by atoms with Crippen LogP contribution >= 0.6 is 0 Å². The van der Waals surface area contributed by atoms with E-state index in [0.717, 1.165) is 55.4 Å². The fraction of sp³-hybridized carbons (Fsp3) is 0.258. The molecule has 0 aliphatic carbocycles. The molecule has 0 spiro atoms. The second-order valence-electron chi connectivity index (χ2n) is 8.44. The highest BCUT2D eigenvalue weighted by Gasteiger charge is 2.11. The van der Waals surface area contributed by atoms with Crippen LogP contribution < -0.4 is 9.47 Å². The summed E-state index contributed by atoms with van der Waals surface area (Å²) in [5, 5.41) is 9.15. The van der Waals surface area contributed by atoms with Crippen LogP contribution in [0.2, 0.25) is 0 Å². The molecule has 6 nitrogen and oxygen atoms in total. The van der Waals surface area contributed by atoms with Crippen LogP contribution in [0.1, 0.15) is 54.4 Å². The van der Waals surface area contributed by atoms with Gasteiger partial charge in [-0.1, -0.05) is 68.7 Å². The Morgan fingerprint density at radius 1 is 0.784 bits per heavy atom. The molecule has 0 saturated heterocycles.